The third kappa shape index (κ3) is 3.51. The molecule has 0 aliphatic carbocycles. The zero-order chi connectivity index (χ0) is 17.2. The van der Waals surface area contributed by atoms with E-state index in [0.717, 1.165) is 36.6 Å². The highest BCUT2D eigenvalue weighted by Crippen LogP contribution is 2.20. The van der Waals surface area contributed by atoms with Gasteiger partial charge in [-0.3, -0.25) is 14.7 Å². The predicted octanol–water partition coefficient (Wildman–Crippen LogP) is 1.73. The molecule has 1 fully saturated rings. The number of hydrogen-bond acceptors (Lipinski definition) is 6. The van der Waals surface area contributed by atoms with Crippen molar-refractivity contribution in [2.24, 2.45) is 5.92 Å². The van der Waals surface area contributed by atoms with Crippen LogP contribution in [-0.2, 0) is 13.1 Å². The Bertz CT molecular complexity index is 912. The van der Waals surface area contributed by atoms with Gasteiger partial charge in [0.05, 0.1) is 17.9 Å². The van der Waals surface area contributed by atoms with Crippen LogP contribution in [0.2, 0.25) is 0 Å². The van der Waals surface area contributed by atoms with Gasteiger partial charge in [0.25, 0.3) is 5.56 Å². The fraction of sp³-hybridized carbons (Fsp3) is 0.333. The molecule has 0 N–H and O–H groups in total. The fourth-order valence-electron chi connectivity index (χ4n) is 3.13. The van der Waals surface area contributed by atoms with Crippen molar-refractivity contribution in [2.75, 3.05) is 13.1 Å². The fourth-order valence-corrected chi connectivity index (χ4v) is 3.13. The maximum atomic E-state index is 12.1. The van der Waals surface area contributed by atoms with E-state index >= 15 is 0 Å². The van der Waals surface area contributed by atoms with Crippen LogP contribution in [0.3, 0.4) is 0 Å². The Labute approximate surface area is 145 Å². The molecule has 0 spiro atoms. The molecular weight excluding hydrogens is 318 g/mol. The number of oxazole rings is 1. The SMILES string of the molecule is Cc1nc(CN2CC(Cn3nc(-c4ccncc4)ccc3=O)C2)co1. The molecule has 0 unspecified atom stereocenters. The van der Waals surface area contributed by atoms with E-state index in [1.54, 1.807) is 35.5 Å². The lowest BCUT2D eigenvalue weighted by Gasteiger charge is -2.38. The van der Waals surface area contributed by atoms with E-state index in [0.29, 0.717) is 18.4 Å². The molecule has 0 radical (unpaired) electrons. The molecule has 0 amide bonds. The normalized spacial score (nSPS) is 15.2. The summed E-state index contributed by atoms with van der Waals surface area (Å²) >= 11 is 0. The van der Waals surface area contributed by atoms with Crippen molar-refractivity contribution in [1.29, 1.82) is 0 Å². The lowest BCUT2D eigenvalue weighted by atomic mass is 10.00. The highest BCUT2D eigenvalue weighted by atomic mass is 16.3. The predicted molar refractivity (Wildman–Crippen MR) is 91.7 cm³/mol. The maximum Gasteiger partial charge on any atom is 0.266 e. The van der Waals surface area contributed by atoms with Crippen LogP contribution in [0.25, 0.3) is 11.3 Å². The first kappa shape index (κ1) is 15.7. The van der Waals surface area contributed by atoms with Crippen LogP contribution < -0.4 is 5.56 Å². The zero-order valence-corrected chi connectivity index (χ0v) is 14.0. The van der Waals surface area contributed by atoms with Crippen molar-refractivity contribution < 1.29 is 4.42 Å². The first-order chi connectivity index (χ1) is 12.2. The molecule has 0 saturated carbocycles. The Morgan fingerprint density at radius 2 is 2.00 bits per heavy atom. The van der Waals surface area contributed by atoms with E-state index in [4.69, 9.17) is 4.42 Å². The van der Waals surface area contributed by atoms with Crippen molar-refractivity contribution in [3.05, 3.63) is 64.9 Å². The number of hydrogen-bond donors (Lipinski definition) is 0. The Morgan fingerprint density at radius 1 is 1.20 bits per heavy atom. The number of nitrogens with zero attached hydrogens (tertiary/aromatic N) is 5. The summed E-state index contributed by atoms with van der Waals surface area (Å²) in [5.74, 6) is 1.11. The van der Waals surface area contributed by atoms with Crippen LogP contribution >= 0.6 is 0 Å². The van der Waals surface area contributed by atoms with Gasteiger partial charge in [-0.15, -0.1) is 0 Å². The largest absolute Gasteiger partial charge is 0.449 e. The van der Waals surface area contributed by atoms with Crippen molar-refractivity contribution in [3.8, 4) is 11.3 Å². The molecule has 4 rings (SSSR count). The van der Waals surface area contributed by atoms with Crippen LogP contribution in [0.15, 0.2) is 52.1 Å². The standard InChI is InChI=1S/C18H19N5O2/c1-13-20-16(12-25-13)11-22-8-14(9-22)10-23-18(24)3-2-17(21-23)15-4-6-19-7-5-15/h2-7,12,14H,8-11H2,1H3. The van der Waals surface area contributed by atoms with E-state index in [1.165, 1.54) is 0 Å². The van der Waals surface area contributed by atoms with Gasteiger partial charge in [-0.1, -0.05) is 0 Å². The molecule has 1 saturated heterocycles. The summed E-state index contributed by atoms with van der Waals surface area (Å²) in [6, 6.07) is 7.12. The molecule has 3 aromatic rings. The third-order valence-corrected chi connectivity index (χ3v) is 4.36. The van der Waals surface area contributed by atoms with E-state index in [-0.39, 0.29) is 5.56 Å². The van der Waals surface area contributed by atoms with Crippen LogP contribution in [0.5, 0.6) is 0 Å². The summed E-state index contributed by atoms with van der Waals surface area (Å²) in [5, 5.41) is 4.51. The number of likely N-dealkylation sites (tertiary alicyclic amines) is 1. The van der Waals surface area contributed by atoms with Gasteiger partial charge in [-0.05, 0) is 18.2 Å². The third-order valence-electron chi connectivity index (χ3n) is 4.36. The molecule has 128 valence electrons. The Morgan fingerprint density at radius 3 is 2.72 bits per heavy atom. The average Bonchev–Trinajstić information content (AvgIpc) is 3.00. The van der Waals surface area contributed by atoms with Crippen molar-refractivity contribution in [1.82, 2.24) is 24.6 Å². The lowest BCUT2D eigenvalue weighted by molar-refractivity contribution is 0.0754. The van der Waals surface area contributed by atoms with Crippen LogP contribution in [-0.4, -0.2) is 37.7 Å². The van der Waals surface area contributed by atoms with Gasteiger partial charge in [0.1, 0.15) is 6.26 Å². The van der Waals surface area contributed by atoms with Crippen molar-refractivity contribution >= 4 is 0 Å². The number of aromatic nitrogens is 4. The maximum absolute atomic E-state index is 12.1. The summed E-state index contributed by atoms with van der Waals surface area (Å²) in [6.45, 7) is 5.12. The van der Waals surface area contributed by atoms with Crippen molar-refractivity contribution in [3.63, 3.8) is 0 Å². The minimum atomic E-state index is -0.0663. The molecule has 0 bridgehead atoms. The summed E-state index contributed by atoms with van der Waals surface area (Å²) in [7, 11) is 0. The quantitative estimate of drug-likeness (QED) is 0.706. The highest BCUT2D eigenvalue weighted by Gasteiger charge is 2.28. The van der Waals surface area contributed by atoms with E-state index in [1.807, 2.05) is 19.1 Å². The lowest BCUT2D eigenvalue weighted by Crippen LogP contribution is -2.48. The van der Waals surface area contributed by atoms with Crippen LogP contribution in [0.4, 0.5) is 0 Å². The summed E-state index contributed by atoms with van der Waals surface area (Å²) < 4.78 is 6.80. The van der Waals surface area contributed by atoms with E-state index in [9.17, 15) is 4.79 Å². The minimum Gasteiger partial charge on any atom is -0.449 e. The molecule has 1 aliphatic heterocycles. The van der Waals surface area contributed by atoms with E-state index in [2.05, 4.69) is 20.0 Å². The van der Waals surface area contributed by atoms with Gasteiger partial charge in [0.15, 0.2) is 5.89 Å². The summed E-state index contributed by atoms with van der Waals surface area (Å²) in [5.41, 5.74) is 2.63. The molecule has 0 atom stereocenters. The van der Waals surface area contributed by atoms with Crippen LogP contribution in [0, 0.1) is 12.8 Å². The molecule has 7 heteroatoms. The smallest absolute Gasteiger partial charge is 0.266 e. The highest BCUT2D eigenvalue weighted by molar-refractivity contribution is 5.56. The number of pyridine rings is 1. The molecule has 0 aromatic carbocycles. The zero-order valence-electron chi connectivity index (χ0n) is 14.0. The van der Waals surface area contributed by atoms with Gasteiger partial charge in [0, 0.05) is 56.5 Å². The van der Waals surface area contributed by atoms with Crippen molar-refractivity contribution in [2.45, 2.75) is 20.0 Å². The number of aryl methyl sites for hydroxylation is 1. The second-order valence-electron chi connectivity index (χ2n) is 6.39. The summed E-state index contributed by atoms with van der Waals surface area (Å²) in [6.07, 6.45) is 5.15. The minimum absolute atomic E-state index is 0.0663. The summed E-state index contributed by atoms with van der Waals surface area (Å²) in [4.78, 5) is 22.7. The molecule has 1 aliphatic rings. The Hall–Kier alpha value is -2.80. The Kier molecular flexibility index (Phi) is 4.15. The van der Waals surface area contributed by atoms with Gasteiger partial charge in [-0.2, -0.15) is 5.10 Å². The number of rotatable bonds is 5. The molecule has 3 aromatic heterocycles. The second-order valence-corrected chi connectivity index (χ2v) is 6.39. The topological polar surface area (TPSA) is 77.1 Å². The van der Waals surface area contributed by atoms with E-state index < -0.39 is 0 Å². The second kappa shape index (κ2) is 6.60. The molecule has 4 heterocycles. The first-order valence-electron chi connectivity index (χ1n) is 8.29. The molecule has 25 heavy (non-hydrogen) atoms. The first-order valence-corrected chi connectivity index (χ1v) is 8.29. The molecule has 7 nitrogen and oxygen atoms in total. The van der Waals surface area contributed by atoms with Gasteiger partial charge < -0.3 is 4.42 Å². The van der Waals surface area contributed by atoms with Gasteiger partial charge in [-0.25, -0.2) is 9.67 Å². The van der Waals surface area contributed by atoms with Crippen LogP contribution in [0.1, 0.15) is 11.6 Å². The monoisotopic (exact) mass is 337 g/mol. The average molecular weight is 337 g/mol. The van der Waals surface area contributed by atoms with Gasteiger partial charge in [0.2, 0.25) is 0 Å². The Balaban J connectivity index is 1.39. The van der Waals surface area contributed by atoms with Gasteiger partial charge >= 0.3 is 0 Å². The molecular formula is C18H19N5O2.